The molecule has 0 fully saturated rings. The maximum atomic E-state index is 11.6. The molecule has 1 unspecified atom stereocenters. The van der Waals surface area contributed by atoms with E-state index in [1.807, 2.05) is 0 Å². The summed E-state index contributed by atoms with van der Waals surface area (Å²) in [4.78, 5) is 23.1. The SMILES string of the molecule is CC(O)c1cn(CC(=O)NC(=O)NCc2ccco2)nn1. The van der Waals surface area contributed by atoms with Crippen molar-refractivity contribution < 1.29 is 19.1 Å². The molecule has 21 heavy (non-hydrogen) atoms. The van der Waals surface area contributed by atoms with E-state index in [-0.39, 0.29) is 13.1 Å². The van der Waals surface area contributed by atoms with E-state index >= 15 is 0 Å². The smallest absolute Gasteiger partial charge is 0.321 e. The van der Waals surface area contributed by atoms with Crippen LogP contribution >= 0.6 is 0 Å². The largest absolute Gasteiger partial charge is 0.467 e. The van der Waals surface area contributed by atoms with Crippen molar-refractivity contribution in [2.24, 2.45) is 0 Å². The van der Waals surface area contributed by atoms with Gasteiger partial charge < -0.3 is 14.8 Å². The molecule has 112 valence electrons. The Morgan fingerprint density at radius 2 is 2.33 bits per heavy atom. The van der Waals surface area contributed by atoms with E-state index < -0.39 is 18.0 Å². The molecule has 0 bridgehead atoms. The van der Waals surface area contributed by atoms with Gasteiger partial charge in [0, 0.05) is 0 Å². The van der Waals surface area contributed by atoms with Gasteiger partial charge in [0.1, 0.15) is 18.0 Å². The Balaban J connectivity index is 1.76. The molecule has 3 amide bonds. The molecular weight excluding hydrogens is 278 g/mol. The van der Waals surface area contributed by atoms with Gasteiger partial charge in [-0.05, 0) is 19.1 Å². The van der Waals surface area contributed by atoms with E-state index in [4.69, 9.17) is 4.42 Å². The number of aliphatic hydroxyl groups is 1. The normalized spacial score (nSPS) is 11.9. The number of hydrogen-bond donors (Lipinski definition) is 3. The lowest BCUT2D eigenvalue weighted by molar-refractivity contribution is -0.120. The van der Waals surface area contributed by atoms with Crippen LogP contribution in [0.15, 0.2) is 29.0 Å². The van der Waals surface area contributed by atoms with Crippen molar-refractivity contribution in [1.29, 1.82) is 0 Å². The highest BCUT2D eigenvalue weighted by molar-refractivity contribution is 5.94. The van der Waals surface area contributed by atoms with Crippen LogP contribution in [0.2, 0.25) is 0 Å². The average Bonchev–Trinajstić information content (AvgIpc) is 3.06. The second-order valence-corrected chi connectivity index (χ2v) is 4.33. The lowest BCUT2D eigenvalue weighted by Gasteiger charge is -2.05. The molecule has 0 aliphatic carbocycles. The third kappa shape index (κ3) is 4.42. The Morgan fingerprint density at radius 3 is 2.95 bits per heavy atom. The third-order valence-corrected chi connectivity index (χ3v) is 2.55. The fraction of sp³-hybridized carbons (Fsp3) is 0.333. The van der Waals surface area contributed by atoms with Crippen LogP contribution in [0, 0.1) is 0 Å². The lowest BCUT2D eigenvalue weighted by atomic mass is 10.3. The molecule has 1 atom stereocenters. The number of carbonyl (C=O) groups excluding carboxylic acids is 2. The summed E-state index contributed by atoms with van der Waals surface area (Å²) >= 11 is 0. The van der Waals surface area contributed by atoms with Crippen molar-refractivity contribution in [1.82, 2.24) is 25.6 Å². The van der Waals surface area contributed by atoms with E-state index in [1.165, 1.54) is 24.1 Å². The maximum Gasteiger partial charge on any atom is 0.321 e. The van der Waals surface area contributed by atoms with Crippen molar-refractivity contribution in [3.8, 4) is 0 Å². The maximum absolute atomic E-state index is 11.6. The van der Waals surface area contributed by atoms with Crippen LogP contribution in [0.1, 0.15) is 24.5 Å². The van der Waals surface area contributed by atoms with Crippen molar-refractivity contribution in [3.05, 3.63) is 36.0 Å². The summed E-state index contributed by atoms with van der Waals surface area (Å²) < 4.78 is 6.27. The number of rotatable bonds is 5. The zero-order valence-corrected chi connectivity index (χ0v) is 11.3. The summed E-state index contributed by atoms with van der Waals surface area (Å²) in [6.07, 6.45) is 2.16. The van der Waals surface area contributed by atoms with Gasteiger partial charge in [0.05, 0.1) is 25.1 Å². The Bertz CT molecular complexity index is 605. The summed E-state index contributed by atoms with van der Waals surface area (Å²) in [5.41, 5.74) is 0.352. The fourth-order valence-electron chi connectivity index (χ4n) is 1.52. The molecule has 9 nitrogen and oxygen atoms in total. The van der Waals surface area contributed by atoms with E-state index in [9.17, 15) is 14.7 Å². The number of carbonyl (C=O) groups is 2. The highest BCUT2D eigenvalue weighted by Gasteiger charge is 2.11. The summed E-state index contributed by atoms with van der Waals surface area (Å²) in [6, 6.07) is 2.77. The molecule has 2 aromatic rings. The zero-order valence-electron chi connectivity index (χ0n) is 11.3. The predicted molar refractivity (Wildman–Crippen MR) is 69.7 cm³/mol. The van der Waals surface area contributed by atoms with Crippen molar-refractivity contribution in [3.63, 3.8) is 0 Å². The van der Waals surface area contributed by atoms with Gasteiger partial charge in [-0.2, -0.15) is 0 Å². The number of nitrogens with one attached hydrogen (secondary N) is 2. The predicted octanol–water partition coefficient (Wildman–Crippen LogP) is -0.0496. The molecule has 9 heteroatoms. The fourth-order valence-corrected chi connectivity index (χ4v) is 1.52. The average molecular weight is 293 g/mol. The third-order valence-electron chi connectivity index (χ3n) is 2.55. The highest BCUT2D eigenvalue weighted by Crippen LogP contribution is 2.05. The van der Waals surface area contributed by atoms with Crippen LogP contribution in [-0.2, 0) is 17.9 Å². The van der Waals surface area contributed by atoms with Gasteiger partial charge >= 0.3 is 6.03 Å². The molecular formula is C12H15N5O4. The molecule has 2 heterocycles. The molecule has 0 saturated carbocycles. The lowest BCUT2D eigenvalue weighted by Crippen LogP contribution is -2.40. The van der Waals surface area contributed by atoms with E-state index in [2.05, 4.69) is 20.9 Å². The van der Waals surface area contributed by atoms with Gasteiger partial charge in [0.2, 0.25) is 5.91 Å². The first kappa shape index (κ1) is 14.7. The van der Waals surface area contributed by atoms with Crippen LogP contribution < -0.4 is 10.6 Å². The number of urea groups is 1. The summed E-state index contributed by atoms with van der Waals surface area (Å²) in [5.74, 6) is 0.0319. The Morgan fingerprint density at radius 1 is 1.52 bits per heavy atom. The minimum Gasteiger partial charge on any atom is -0.467 e. The van der Waals surface area contributed by atoms with Crippen LogP contribution in [-0.4, -0.2) is 32.0 Å². The first-order valence-corrected chi connectivity index (χ1v) is 6.23. The second kappa shape index (κ2) is 6.66. The standard InChI is InChI=1S/C12H15N5O4/c1-8(18)10-6-17(16-15-10)7-11(19)14-12(20)13-5-9-3-2-4-21-9/h2-4,6,8,18H,5,7H2,1H3,(H2,13,14,19,20). The van der Waals surface area contributed by atoms with Gasteiger partial charge in [-0.1, -0.05) is 5.21 Å². The molecule has 2 aromatic heterocycles. The Labute approximate surface area is 119 Å². The van der Waals surface area contributed by atoms with Crippen molar-refractivity contribution in [2.75, 3.05) is 0 Å². The molecule has 0 spiro atoms. The molecule has 2 rings (SSSR count). The van der Waals surface area contributed by atoms with Crippen LogP contribution in [0.4, 0.5) is 4.79 Å². The number of aliphatic hydroxyl groups excluding tert-OH is 1. The van der Waals surface area contributed by atoms with Gasteiger partial charge in [-0.15, -0.1) is 5.10 Å². The Hall–Kier alpha value is -2.68. The number of nitrogens with zero attached hydrogens (tertiary/aromatic N) is 3. The number of amides is 3. The highest BCUT2D eigenvalue weighted by atomic mass is 16.3. The summed E-state index contributed by atoms with van der Waals surface area (Å²) in [5, 5.41) is 21.3. The molecule has 0 radical (unpaired) electrons. The van der Waals surface area contributed by atoms with E-state index in [1.54, 1.807) is 12.1 Å². The molecule has 0 aliphatic heterocycles. The van der Waals surface area contributed by atoms with Crippen molar-refractivity contribution >= 4 is 11.9 Å². The monoisotopic (exact) mass is 293 g/mol. The molecule has 3 N–H and O–H groups in total. The molecule has 0 aliphatic rings. The first-order chi connectivity index (χ1) is 10.0. The van der Waals surface area contributed by atoms with Crippen LogP contribution in [0.25, 0.3) is 0 Å². The van der Waals surface area contributed by atoms with Gasteiger partial charge in [0.15, 0.2) is 0 Å². The number of hydrogen-bond acceptors (Lipinski definition) is 6. The molecule has 0 saturated heterocycles. The van der Waals surface area contributed by atoms with Crippen LogP contribution in [0.3, 0.4) is 0 Å². The van der Waals surface area contributed by atoms with Crippen LogP contribution in [0.5, 0.6) is 0 Å². The minimum absolute atomic E-state index is 0.173. The number of furan rings is 1. The second-order valence-electron chi connectivity index (χ2n) is 4.33. The van der Waals surface area contributed by atoms with E-state index in [0.29, 0.717) is 11.5 Å². The Kier molecular flexibility index (Phi) is 4.67. The van der Waals surface area contributed by atoms with Gasteiger partial charge in [-0.3, -0.25) is 10.1 Å². The topological polar surface area (TPSA) is 122 Å². The zero-order chi connectivity index (χ0) is 15.2. The number of imide groups is 1. The minimum atomic E-state index is -0.765. The first-order valence-electron chi connectivity index (χ1n) is 6.23. The number of aromatic nitrogens is 3. The van der Waals surface area contributed by atoms with Crippen molar-refractivity contribution in [2.45, 2.75) is 26.1 Å². The van der Waals surface area contributed by atoms with E-state index in [0.717, 1.165) is 0 Å². The summed E-state index contributed by atoms with van der Waals surface area (Å²) in [7, 11) is 0. The van der Waals surface area contributed by atoms with Gasteiger partial charge in [0.25, 0.3) is 0 Å². The van der Waals surface area contributed by atoms with Gasteiger partial charge in [-0.25, -0.2) is 9.48 Å². The quantitative estimate of drug-likeness (QED) is 0.710. The molecule has 0 aromatic carbocycles. The summed E-state index contributed by atoms with van der Waals surface area (Å²) in [6.45, 7) is 1.55.